The lowest BCUT2D eigenvalue weighted by atomic mass is 10.2. The van der Waals surface area contributed by atoms with E-state index in [0.29, 0.717) is 0 Å². The maximum absolute atomic E-state index is 13.2. The van der Waals surface area contributed by atoms with E-state index in [1.165, 1.54) is 17.4 Å². The molecule has 2 rings (SSSR count). The third kappa shape index (κ3) is 4.85. The molecule has 120 valence electrons. The Labute approximate surface area is 133 Å². The first-order valence-corrected chi connectivity index (χ1v) is 7.25. The zero-order valence-electron chi connectivity index (χ0n) is 11.7. The highest BCUT2D eigenvalue weighted by Crippen LogP contribution is 2.21. The van der Waals surface area contributed by atoms with Crippen molar-refractivity contribution in [1.82, 2.24) is 0 Å². The quantitative estimate of drug-likeness (QED) is 0.496. The molecule has 2 aromatic rings. The van der Waals surface area contributed by atoms with Crippen LogP contribution in [0.25, 0.3) is 0 Å². The van der Waals surface area contributed by atoms with Gasteiger partial charge in [0.05, 0.1) is 11.3 Å². The van der Waals surface area contributed by atoms with Crippen molar-refractivity contribution in [1.29, 1.82) is 0 Å². The largest absolute Gasteiger partial charge is 0.455 e. The summed E-state index contributed by atoms with van der Waals surface area (Å²) in [6, 6.07) is 6.50. The highest BCUT2D eigenvalue weighted by atomic mass is 32.1. The maximum Gasteiger partial charge on any atom is 0.311 e. The highest BCUT2D eigenvalue weighted by Gasteiger charge is 2.16. The molecule has 1 heterocycles. The SMILES string of the molecule is O=C(COC(=O)Cc1cccs1)Nc1ccc(F)c([N+](=O)[O-])c1. The van der Waals surface area contributed by atoms with Gasteiger partial charge in [0.2, 0.25) is 5.82 Å². The summed E-state index contributed by atoms with van der Waals surface area (Å²) in [5, 5.41) is 14.7. The normalized spacial score (nSPS) is 10.1. The van der Waals surface area contributed by atoms with E-state index in [2.05, 4.69) is 5.32 Å². The molecule has 1 aromatic heterocycles. The van der Waals surface area contributed by atoms with Crippen LogP contribution in [0.4, 0.5) is 15.8 Å². The molecule has 23 heavy (non-hydrogen) atoms. The van der Waals surface area contributed by atoms with Crippen LogP contribution in [-0.4, -0.2) is 23.4 Å². The number of anilines is 1. The number of hydrogen-bond donors (Lipinski definition) is 1. The Balaban J connectivity index is 1.86. The molecule has 1 aromatic carbocycles. The molecule has 0 saturated heterocycles. The molecule has 0 radical (unpaired) electrons. The smallest absolute Gasteiger partial charge is 0.311 e. The van der Waals surface area contributed by atoms with Gasteiger partial charge in [0.1, 0.15) is 0 Å². The summed E-state index contributed by atoms with van der Waals surface area (Å²) in [5.74, 6) is -2.24. The first-order valence-electron chi connectivity index (χ1n) is 6.37. The third-order valence-electron chi connectivity index (χ3n) is 2.69. The summed E-state index contributed by atoms with van der Waals surface area (Å²) in [6.07, 6.45) is 0.0625. The molecule has 0 spiro atoms. The maximum atomic E-state index is 13.2. The van der Waals surface area contributed by atoms with Gasteiger partial charge in [-0.25, -0.2) is 0 Å². The van der Waals surface area contributed by atoms with E-state index in [9.17, 15) is 24.1 Å². The van der Waals surface area contributed by atoms with Crippen LogP contribution in [0.15, 0.2) is 35.7 Å². The Morgan fingerprint density at radius 2 is 2.13 bits per heavy atom. The summed E-state index contributed by atoms with van der Waals surface area (Å²) in [6.45, 7) is -0.532. The van der Waals surface area contributed by atoms with Gasteiger partial charge in [-0.1, -0.05) is 6.07 Å². The van der Waals surface area contributed by atoms with Gasteiger partial charge in [-0.05, 0) is 23.6 Å². The van der Waals surface area contributed by atoms with Crippen molar-refractivity contribution in [3.63, 3.8) is 0 Å². The van der Waals surface area contributed by atoms with Crippen LogP contribution in [0, 0.1) is 15.9 Å². The minimum atomic E-state index is -1.00. The van der Waals surface area contributed by atoms with E-state index in [0.717, 1.165) is 17.0 Å². The Morgan fingerprint density at radius 1 is 1.35 bits per heavy atom. The van der Waals surface area contributed by atoms with Gasteiger partial charge < -0.3 is 10.1 Å². The molecule has 0 aliphatic rings. The standard InChI is InChI=1S/C14H11FN2O5S/c15-11-4-3-9(6-12(11)17(20)21)16-13(18)8-22-14(19)7-10-2-1-5-23-10/h1-6H,7-8H2,(H,16,18). The first-order chi connectivity index (χ1) is 11.0. The van der Waals surface area contributed by atoms with Gasteiger partial charge >= 0.3 is 11.7 Å². The molecule has 0 atom stereocenters. The van der Waals surface area contributed by atoms with Crippen molar-refractivity contribution >= 4 is 34.6 Å². The van der Waals surface area contributed by atoms with Crippen molar-refractivity contribution in [2.24, 2.45) is 0 Å². The number of ether oxygens (including phenoxy) is 1. The van der Waals surface area contributed by atoms with E-state index >= 15 is 0 Å². The summed E-state index contributed by atoms with van der Waals surface area (Å²) < 4.78 is 18.0. The Morgan fingerprint density at radius 3 is 2.78 bits per heavy atom. The number of thiophene rings is 1. The zero-order chi connectivity index (χ0) is 16.8. The molecule has 0 aliphatic heterocycles. The second-order valence-corrected chi connectivity index (χ2v) is 5.42. The average Bonchev–Trinajstić information content (AvgIpc) is 3.00. The van der Waals surface area contributed by atoms with Crippen molar-refractivity contribution in [2.75, 3.05) is 11.9 Å². The number of nitrogens with one attached hydrogen (secondary N) is 1. The van der Waals surface area contributed by atoms with Gasteiger partial charge in [-0.15, -0.1) is 11.3 Å². The lowest BCUT2D eigenvalue weighted by Crippen LogP contribution is -2.21. The fraction of sp³-hybridized carbons (Fsp3) is 0.143. The van der Waals surface area contributed by atoms with Crippen LogP contribution in [0.3, 0.4) is 0 Å². The average molecular weight is 338 g/mol. The number of carbonyl (C=O) groups is 2. The molecule has 0 bridgehead atoms. The van der Waals surface area contributed by atoms with Crippen LogP contribution < -0.4 is 5.32 Å². The molecule has 0 aliphatic carbocycles. The second kappa shape index (κ2) is 7.45. The number of hydrogen-bond acceptors (Lipinski definition) is 6. The summed E-state index contributed by atoms with van der Waals surface area (Å²) >= 11 is 1.39. The molecular weight excluding hydrogens is 327 g/mol. The monoisotopic (exact) mass is 338 g/mol. The summed E-state index contributed by atoms with van der Waals surface area (Å²) in [7, 11) is 0. The number of amides is 1. The minimum Gasteiger partial charge on any atom is -0.455 e. The van der Waals surface area contributed by atoms with Gasteiger partial charge in [-0.3, -0.25) is 19.7 Å². The van der Waals surface area contributed by atoms with Crippen molar-refractivity contribution < 1.29 is 23.6 Å². The van der Waals surface area contributed by atoms with E-state index in [1.54, 1.807) is 12.1 Å². The Kier molecular flexibility index (Phi) is 5.36. The summed E-state index contributed by atoms with van der Waals surface area (Å²) in [4.78, 5) is 33.7. The number of halogens is 1. The van der Waals surface area contributed by atoms with Crippen molar-refractivity contribution in [2.45, 2.75) is 6.42 Å². The molecule has 9 heteroatoms. The molecule has 7 nitrogen and oxygen atoms in total. The molecule has 1 amide bonds. The van der Waals surface area contributed by atoms with Crippen molar-refractivity contribution in [3.8, 4) is 0 Å². The van der Waals surface area contributed by atoms with E-state index in [1.807, 2.05) is 5.38 Å². The van der Waals surface area contributed by atoms with Crippen molar-refractivity contribution in [3.05, 3.63) is 56.5 Å². The fourth-order valence-corrected chi connectivity index (χ4v) is 2.37. The van der Waals surface area contributed by atoms with E-state index in [4.69, 9.17) is 4.74 Å². The Hall–Kier alpha value is -2.81. The zero-order valence-corrected chi connectivity index (χ0v) is 12.5. The minimum absolute atomic E-state index is 0.0393. The van der Waals surface area contributed by atoms with Crippen LogP contribution in [0.2, 0.25) is 0 Å². The number of nitro benzene ring substituents is 1. The Bertz CT molecular complexity index is 733. The number of esters is 1. The first kappa shape index (κ1) is 16.6. The third-order valence-corrected chi connectivity index (χ3v) is 3.57. The van der Waals surface area contributed by atoms with Gasteiger partial charge in [0, 0.05) is 16.6 Å². The number of carbonyl (C=O) groups excluding carboxylic acids is 2. The van der Waals surface area contributed by atoms with E-state index < -0.39 is 34.9 Å². The summed E-state index contributed by atoms with van der Waals surface area (Å²) in [5.41, 5.74) is -0.713. The molecule has 0 unspecified atom stereocenters. The number of nitrogens with zero attached hydrogens (tertiary/aromatic N) is 1. The predicted octanol–water partition coefficient (Wildman–Crippen LogP) is 2.52. The fourth-order valence-electron chi connectivity index (χ4n) is 1.68. The van der Waals surface area contributed by atoms with Crippen LogP contribution >= 0.6 is 11.3 Å². The van der Waals surface area contributed by atoms with E-state index in [-0.39, 0.29) is 12.1 Å². The lowest BCUT2D eigenvalue weighted by Gasteiger charge is -2.06. The number of nitro groups is 1. The lowest BCUT2D eigenvalue weighted by molar-refractivity contribution is -0.387. The van der Waals surface area contributed by atoms with Gasteiger partial charge in [0.15, 0.2) is 6.61 Å². The molecular formula is C14H11FN2O5S. The van der Waals surface area contributed by atoms with Gasteiger partial charge in [0.25, 0.3) is 5.91 Å². The molecule has 0 fully saturated rings. The van der Waals surface area contributed by atoms with Gasteiger partial charge in [-0.2, -0.15) is 4.39 Å². The predicted molar refractivity (Wildman–Crippen MR) is 80.7 cm³/mol. The topological polar surface area (TPSA) is 98.5 Å². The second-order valence-electron chi connectivity index (χ2n) is 4.39. The molecule has 0 saturated carbocycles. The van der Waals surface area contributed by atoms with Crippen LogP contribution in [0.1, 0.15) is 4.88 Å². The number of rotatable bonds is 6. The molecule has 1 N–H and O–H groups in total. The van der Waals surface area contributed by atoms with Crippen LogP contribution in [0.5, 0.6) is 0 Å². The number of benzene rings is 1. The van der Waals surface area contributed by atoms with Crippen LogP contribution in [-0.2, 0) is 20.7 Å². The highest BCUT2D eigenvalue weighted by molar-refractivity contribution is 7.10.